The number of hydrogen-bond acceptors (Lipinski definition) is 5. The zero-order valence-electron chi connectivity index (χ0n) is 18.9. The lowest BCUT2D eigenvalue weighted by atomic mass is 10.00. The van der Waals surface area contributed by atoms with E-state index in [1.807, 2.05) is 32.7 Å². The third-order valence-electron chi connectivity index (χ3n) is 6.64. The molecule has 4 heterocycles. The number of likely N-dealkylation sites (tertiary alicyclic amines) is 1. The minimum atomic E-state index is -0.0323. The molecule has 0 aliphatic carbocycles. The molecule has 1 aromatic carbocycles. The van der Waals surface area contributed by atoms with Crippen molar-refractivity contribution in [2.45, 2.75) is 64.8 Å². The van der Waals surface area contributed by atoms with E-state index in [9.17, 15) is 4.79 Å². The molecule has 1 amide bonds. The van der Waals surface area contributed by atoms with E-state index in [2.05, 4.69) is 58.6 Å². The highest BCUT2D eigenvalue weighted by atomic mass is 16.2. The fourth-order valence-electron chi connectivity index (χ4n) is 4.82. The molecule has 32 heavy (non-hydrogen) atoms. The summed E-state index contributed by atoms with van der Waals surface area (Å²) in [5, 5.41) is 13.0. The standard InChI is InChI=1S/C24H31N7O/c1-18(2)31-14-19(12-25-31)13-28-10-5-8-22(28)16-30-17-23(26-27-30)24(32)29-11-9-20-6-3-4-7-21(20)15-29/h3-4,6-7,12,14,17-18,22H,5,8-11,13,15-16H2,1-2H3/t22-/m0/s1. The van der Waals surface area contributed by atoms with Crippen LogP contribution in [0.2, 0.25) is 0 Å². The van der Waals surface area contributed by atoms with Crippen LogP contribution < -0.4 is 0 Å². The summed E-state index contributed by atoms with van der Waals surface area (Å²) in [6.07, 6.45) is 9.12. The van der Waals surface area contributed by atoms with Crippen molar-refractivity contribution in [2.75, 3.05) is 13.1 Å². The van der Waals surface area contributed by atoms with Gasteiger partial charge in [0.1, 0.15) is 0 Å². The second kappa shape index (κ2) is 8.86. The normalized spacial score (nSPS) is 19.0. The predicted molar refractivity (Wildman–Crippen MR) is 121 cm³/mol. The van der Waals surface area contributed by atoms with Gasteiger partial charge in [-0.05, 0) is 50.8 Å². The molecule has 1 atom stereocenters. The first-order valence-corrected chi connectivity index (χ1v) is 11.6. The number of carbonyl (C=O) groups is 1. The molecule has 0 unspecified atom stereocenters. The minimum absolute atomic E-state index is 0.0323. The van der Waals surface area contributed by atoms with Gasteiger partial charge in [-0.2, -0.15) is 5.10 Å². The first kappa shape index (κ1) is 20.9. The van der Waals surface area contributed by atoms with Crippen LogP contribution in [0.1, 0.15) is 59.9 Å². The highest BCUT2D eigenvalue weighted by molar-refractivity contribution is 5.92. The summed E-state index contributed by atoms with van der Waals surface area (Å²) in [5.41, 5.74) is 4.24. The van der Waals surface area contributed by atoms with Gasteiger partial charge in [0.25, 0.3) is 5.91 Å². The van der Waals surface area contributed by atoms with E-state index in [4.69, 9.17) is 0 Å². The van der Waals surface area contributed by atoms with Gasteiger partial charge in [-0.15, -0.1) is 5.10 Å². The average Bonchev–Trinajstić information content (AvgIpc) is 3.56. The van der Waals surface area contributed by atoms with Crippen molar-refractivity contribution in [2.24, 2.45) is 0 Å². The summed E-state index contributed by atoms with van der Waals surface area (Å²) in [4.78, 5) is 17.4. The average molecular weight is 434 g/mol. The lowest BCUT2D eigenvalue weighted by Crippen LogP contribution is -2.36. The molecule has 0 radical (unpaired) electrons. The maximum atomic E-state index is 13.0. The summed E-state index contributed by atoms with van der Waals surface area (Å²) in [6, 6.07) is 9.11. The number of benzene rings is 1. The fraction of sp³-hybridized carbons (Fsp3) is 0.500. The van der Waals surface area contributed by atoms with Crippen LogP contribution in [0.5, 0.6) is 0 Å². The van der Waals surface area contributed by atoms with Gasteiger partial charge in [0, 0.05) is 43.5 Å². The molecule has 168 valence electrons. The number of carbonyl (C=O) groups excluding carboxylic acids is 1. The highest BCUT2D eigenvalue weighted by Gasteiger charge is 2.27. The van der Waals surface area contributed by atoms with Crippen LogP contribution in [0.3, 0.4) is 0 Å². The van der Waals surface area contributed by atoms with Crippen LogP contribution >= 0.6 is 0 Å². The lowest BCUT2D eigenvalue weighted by molar-refractivity contribution is 0.0728. The van der Waals surface area contributed by atoms with Gasteiger partial charge < -0.3 is 4.90 Å². The van der Waals surface area contributed by atoms with Crippen LogP contribution in [-0.4, -0.2) is 59.6 Å². The van der Waals surface area contributed by atoms with Crippen molar-refractivity contribution in [3.63, 3.8) is 0 Å². The Bertz CT molecular complexity index is 1090. The molecule has 8 nitrogen and oxygen atoms in total. The topological polar surface area (TPSA) is 72.1 Å². The van der Waals surface area contributed by atoms with Crippen LogP contribution in [0, 0.1) is 0 Å². The third kappa shape index (κ3) is 4.32. The van der Waals surface area contributed by atoms with Crippen molar-refractivity contribution in [1.29, 1.82) is 0 Å². The van der Waals surface area contributed by atoms with Crippen molar-refractivity contribution in [1.82, 2.24) is 34.6 Å². The van der Waals surface area contributed by atoms with E-state index in [0.29, 0.717) is 24.3 Å². The van der Waals surface area contributed by atoms with Crippen LogP contribution in [0.25, 0.3) is 0 Å². The van der Waals surface area contributed by atoms with E-state index in [-0.39, 0.29) is 5.91 Å². The smallest absolute Gasteiger partial charge is 0.276 e. The maximum Gasteiger partial charge on any atom is 0.276 e. The molecule has 1 fully saturated rings. The van der Waals surface area contributed by atoms with E-state index in [1.54, 1.807) is 0 Å². The largest absolute Gasteiger partial charge is 0.333 e. The number of rotatable bonds is 6. The van der Waals surface area contributed by atoms with Crippen molar-refractivity contribution < 1.29 is 4.79 Å². The zero-order valence-corrected chi connectivity index (χ0v) is 18.9. The Balaban J connectivity index is 1.21. The second-order valence-corrected chi connectivity index (χ2v) is 9.26. The van der Waals surface area contributed by atoms with Gasteiger partial charge in [-0.3, -0.25) is 19.1 Å². The Labute approximate surface area is 188 Å². The van der Waals surface area contributed by atoms with Gasteiger partial charge in [0.2, 0.25) is 0 Å². The highest BCUT2D eigenvalue weighted by Crippen LogP contribution is 2.23. The minimum Gasteiger partial charge on any atom is -0.333 e. The first-order chi connectivity index (χ1) is 15.6. The Morgan fingerprint density at radius 1 is 1.16 bits per heavy atom. The summed E-state index contributed by atoms with van der Waals surface area (Å²) < 4.78 is 3.85. The molecule has 0 bridgehead atoms. The molecule has 1 saturated heterocycles. The van der Waals surface area contributed by atoms with E-state index in [1.165, 1.54) is 23.1 Å². The van der Waals surface area contributed by atoms with Crippen LogP contribution in [0.15, 0.2) is 42.9 Å². The van der Waals surface area contributed by atoms with Crippen molar-refractivity contribution >= 4 is 5.91 Å². The van der Waals surface area contributed by atoms with Crippen molar-refractivity contribution in [3.05, 3.63) is 65.2 Å². The third-order valence-corrected chi connectivity index (χ3v) is 6.64. The number of aromatic nitrogens is 5. The molecule has 5 rings (SSSR count). The van der Waals surface area contributed by atoms with Gasteiger partial charge in [-0.1, -0.05) is 29.5 Å². The Kier molecular flexibility index (Phi) is 5.78. The van der Waals surface area contributed by atoms with E-state index in [0.717, 1.165) is 39.0 Å². The molecule has 0 saturated carbocycles. The van der Waals surface area contributed by atoms with E-state index >= 15 is 0 Å². The number of fused-ring (bicyclic) bond motifs is 1. The summed E-state index contributed by atoms with van der Waals surface area (Å²) >= 11 is 0. The predicted octanol–water partition coefficient (Wildman–Crippen LogP) is 2.92. The molecular formula is C24H31N7O. The molecule has 2 aliphatic rings. The number of hydrogen-bond donors (Lipinski definition) is 0. The van der Waals surface area contributed by atoms with Gasteiger partial charge >= 0.3 is 0 Å². The number of nitrogens with zero attached hydrogens (tertiary/aromatic N) is 7. The monoisotopic (exact) mass is 433 g/mol. The summed E-state index contributed by atoms with van der Waals surface area (Å²) in [7, 11) is 0. The van der Waals surface area contributed by atoms with Crippen molar-refractivity contribution in [3.8, 4) is 0 Å². The molecule has 8 heteroatoms. The maximum absolute atomic E-state index is 13.0. The first-order valence-electron chi connectivity index (χ1n) is 11.6. The zero-order chi connectivity index (χ0) is 22.1. The Morgan fingerprint density at radius 2 is 2.00 bits per heavy atom. The fourth-order valence-corrected chi connectivity index (χ4v) is 4.82. The van der Waals surface area contributed by atoms with Crippen LogP contribution in [0.4, 0.5) is 0 Å². The quantitative estimate of drug-likeness (QED) is 0.598. The SMILES string of the molecule is CC(C)n1cc(CN2CCC[C@H]2Cn2cc(C(=O)N3CCc4ccccc4C3)nn2)cn1. The Hall–Kier alpha value is -3.00. The Morgan fingerprint density at radius 3 is 2.81 bits per heavy atom. The lowest BCUT2D eigenvalue weighted by Gasteiger charge is -2.28. The molecule has 0 spiro atoms. The summed E-state index contributed by atoms with van der Waals surface area (Å²) in [5.74, 6) is -0.0323. The summed E-state index contributed by atoms with van der Waals surface area (Å²) in [6.45, 7) is 8.37. The molecular weight excluding hydrogens is 402 g/mol. The van der Waals surface area contributed by atoms with Gasteiger partial charge in [-0.25, -0.2) is 0 Å². The molecule has 2 aromatic heterocycles. The van der Waals surface area contributed by atoms with Gasteiger partial charge in [0.15, 0.2) is 5.69 Å². The molecule has 0 N–H and O–H groups in total. The van der Waals surface area contributed by atoms with E-state index < -0.39 is 0 Å². The van der Waals surface area contributed by atoms with Crippen LogP contribution in [-0.2, 0) is 26.1 Å². The van der Waals surface area contributed by atoms with Gasteiger partial charge in [0.05, 0.1) is 18.9 Å². The molecule has 3 aromatic rings. The second-order valence-electron chi connectivity index (χ2n) is 9.26. The number of amides is 1. The molecule has 2 aliphatic heterocycles.